The van der Waals surface area contributed by atoms with Crippen molar-refractivity contribution < 1.29 is 14.3 Å². The number of amides is 2. The van der Waals surface area contributed by atoms with Crippen LogP contribution >= 0.6 is 0 Å². The minimum atomic E-state index is 0.0513. The summed E-state index contributed by atoms with van der Waals surface area (Å²) >= 11 is 0. The van der Waals surface area contributed by atoms with Gasteiger partial charge in [0.25, 0.3) is 5.91 Å². The van der Waals surface area contributed by atoms with Crippen molar-refractivity contribution in [3.8, 4) is 0 Å². The van der Waals surface area contributed by atoms with Crippen molar-refractivity contribution in [1.29, 1.82) is 0 Å². The molecule has 216 valence electrons. The van der Waals surface area contributed by atoms with Crippen LogP contribution in [-0.2, 0) is 9.53 Å². The third-order valence-electron chi connectivity index (χ3n) is 8.74. The summed E-state index contributed by atoms with van der Waals surface area (Å²) in [6.07, 6.45) is 8.46. The highest BCUT2D eigenvalue weighted by atomic mass is 16.5. The molecule has 1 N–H and O–H groups in total. The predicted octanol–water partition coefficient (Wildman–Crippen LogP) is 3.68. The van der Waals surface area contributed by atoms with E-state index in [9.17, 15) is 9.59 Å². The molecule has 0 saturated carbocycles. The molecule has 0 aliphatic carbocycles. The molecule has 0 radical (unpaired) electrons. The molecule has 6 rings (SSSR count). The van der Waals surface area contributed by atoms with Gasteiger partial charge >= 0.3 is 0 Å². The van der Waals surface area contributed by atoms with Crippen LogP contribution in [0, 0.1) is 5.92 Å². The second-order valence-corrected chi connectivity index (χ2v) is 11.4. The molecule has 10 nitrogen and oxygen atoms in total. The van der Waals surface area contributed by atoms with Crippen LogP contribution in [0.3, 0.4) is 0 Å². The molecular formula is C31H39N7O3. The van der Waals surface area contributed by atoms with Gasteiger partial charge in [-0.05, 0) is 94.2 Å². The molecule has 2 saturated heterocycles. The van der Waals surface area contributed by atoms with Gasteiger partial charge in [0, 0.05) is 68.3 Å². The molecule has 2 amide bonds. The number of piperidine rings is 1. The van der Waals surface area contributed by atoms with Gasteiger partial charge < -0.3 is 24.8 Å². The Kier molecular flexibility index (Phi) is 8.02. The maximum atomic E-state index is 13.1. The molecule has 1 aromatic carbocycles. The summed E-state index contributed by atoms with van der Waals surface area (Å²) in [7, 11) is 4.04. The van der Waals surface area contributed by atoms with Crippen LogP contribution in [0.2, 0.25) is 0 Å². The van der Waals surface area contributed by atoms with E-state index < -0.39 is 0 Å². The lowest BCUT2D eigenvalue weighted by molar-refractivity contribution is -0.138. The van der Waals surface area contributed by atoms with Crippen molar-refractivity contribution in [1.82, 2.24) is 29.3 Å². The number of likely N-dealkylation sites (tertiary alicyclic amines) is 1. The topological polar surface area (TPSA) is 95.3 Å². The number of fused-ring (bicyclic) bond motifs is 1. The zero-order valence-corrected chi connectivity index (χ0v) is 24.0. The molecule has 5 heterocycles. The van der Waals surface area contributed by atoms with Gasteiger partial charge in [-0.25, -0.2) is 4.52 Å². The first-order valence-electron chi connectivity index (χ1n) is 14.7. The second-order valence-electron chi connectivity index (χ2n) is 11.4. The zero-order chi connectivity index (χ0) is 28.3. The third kappa shape index (κ3) is 5.99. The highest BCUT2D eigenvalue weighted by Gasteiger charge is 2.28. The van der Waals surface area contributed by atoms with E-state index in [-0.39, 0.29) is 23.8 Å². The number of nitrogens with zero attached hydrogens (tertiary/aromatic N) is 6. The van der Waals surface area contributed by atoms with Gasteiger partial charge in [0.1, 0.15) is 0 Å². The number of ether oxygens (including phenoxy) is 1. The monoisotopic (exact) mass is 557 g/mol. The summed E-state index contributed by atoms with van der Waals surface area (Å²) in [6, 6.07) is 11.8. The van der Waals surface area contributed by atoms with E-state index in [0.717, 1.165) is 62.1 Å². The quantitative estimate of drug-likeness (QED) is 0.494. The number of aromatic nitrogens is 3. The second kappa shape index (κ2) is 12.0. The van der Waals surface area contributed by atoms with Crippen LogP contribution in [-0.4, -0.2) is 101 Å². The van der Waals surface area contributed by atoms with Crippen LogP contribution < -0.4 is 5.32 Å². The van der Waals surface area contributed by atoms with E-state index in [1.807, 2.05) is 53.4 Å². The molecule has 2 aromatic heterocycles. The number of rotatable bonds is 6. The first kappa shape index (κ1) is 27.4. The number of pyridine rings is 1. The fourth-order valence-corrected chi connectivity index (χ4v) is 6.10. The van der Waals surface area contributed by atoms with Crippen molar-refractivity contribution in [3.05, 3.63) is 59.8 Å². The maximum Gasteiger partial charge on any atom is 0.253 e. The standard InChI is InChI=1S/C31H39N7O3/c1-35-16-11-26(12-17-35)36(2)29(39)23-5-7-25(8-6-23)32-31-33-28-27(4-3-15-38(28)34-31)22-9-18-37(19-10-22)30(40)24-13-20-41-21-14-24/h3-9,15,24,26H,10-14,16-21H2,1-2H3,(H,32,34). The Bertz CT molecular complexity index is 1420. The first-order chi connectivity index (χ1) is 20.0. The van der Waals surface area contributed by atoms with E-state index in [0.29, 0.717) is 37.8 Å². The predicted molar refractivity (Wildman–Crippen MR) is 158 cm³/mol. The maximum absolute atomic E-state index is 13.1. The Hall–Kier alpha value is -3.76. The number of hydrogen-bond donors (Lipinski definition) is 1. The van der Waals surface area contributed by atoms with E-state index in [4.69, 9.17) is 9.72 Å². The summed E-state index contributed by atoms with van der Waals surface area (Å²) in [5.41, 5.74) is 4.49. The highest BCUT2D eigenvalue weighted by molar-refractivity contribution is 5.94. The van der Waals surface area contributed by atoms with Crippen LogP contribution in [0.25, 0.3) is 11.2 Å². The van der Waals surface area contributed by atoms with Gasteiger partial charge in [0.2, 0.25) is 11.9 Å². The zero-order valence-electron chi connectivity index (χ0n) is 24.0. The molecule has 3 aliphatic heterocycles. The van der Waals surface area contributed by atoms with Crippen molar-refractivity contribution >= 4 is 34.7 Å². The summed E-state index contributed by atoms with van der Waals surface area (Å²) in [6.45, 7) is 4.71. The summed E-state index contributed by atoms with van der Waals surface area (Å²) < 4.78 is 7.20. The molecule has 41 heavy (non-hydrogen) atoms. The Labute approximate surface area is 241 Å². The Morgan fingerprint density at radius 1 is 1.02 bits per heavy atom. The van der Waals surface area contributed by atoms with Gasteiger partial charge in [0.15, 0.2) is 5.65 Å². The van der Waals surface area contributed by atoms with Crippen LogP contribution in [0.5, 0.6) is 0 Å². The average Bonchev–Trinajstić information content (AvgIpc) is 3.44. The fraction of sp³-hybridized carbons (Fsp3) is 0.484. The summed E-state index contributed by atoms with van der Waals surface area (Å²) in [4.78, 5) is 37.0. The van der Waals surface area contributed by atoms with Gasteiger partial charge in [-0.2, -0.15) is 4.98 Å². The number of benzene rings is 1. The van der Waals surface area contributed by atoms with Gasteiger partial charge in [0.05, 0.1) is 0 Å². The van der Waals surface area contributed by atoms with Crippen LogP contribution in [0.15, 0.2) is 48.7 Å². The number of carbonyl (C=O) groups excluding carboxylic acids is 2. The minimum Gasteiger partial charge on any atom is -0.381 e. The van der Waals surface area contributed by atoms with E-state index in [1.54, 1.807) is 4.52 Å². The molecule has 0 spiro atoms. The van der Waals surface area contributed by atoms with Gasteiger partial charge in [-0.3, -0.25) is 9.59 Å². The molecule has 10 heteroatoms. The van der Waals surface area contributed by atoms with Crippen molar-refractivity contribution in [2.24, 2.45) is 5.92 Å². The smallest absolute Gasteiger partial charge is 0.253 e. The van der Waals surface area contributed by atoms with E-state index in [1.165, 1.54) is 5.57 Å². The molecule has 0 atom stereocenters. The molecule has 0 unspecified atom stereocenters. The fourth-order valence-electron chi connectivity index (χ4n) is 6.10. The lowest BCUT2D eigenvalue weighted by Gasteiger charge is -2.35. The van der Waals surface area contributed by atoms with Crippen molar-refractivity contribution in [2.45, 2.75) is 38.1 Å². The number of carbonyl (C=O) groups is 2. The van der Waals surface area contributed by atoms with E-state index >= 15 is 0 Å². The minimum absolute atomic E-state index is 0.0513. The van der Waals surface area contributed by atoms with Crippen molar-refractivity contribution in [2.75, 3.05) is 58.8 Å². The molecule has 3 aromatic rings. The highest BCUT2D eigenvalue weighted by Crippen LogP contribution is 2.28. The number of nitrogens with one attached hydrogen (secondary N) is 1. The number of hydrogen-bond acceptors (Lipinski definition) is 7. The Morgan fingerprint density at radius 3 is 2.49 bits per heavy atom. The molecule has 3 aliphatic rings. The third-order valence-corrected chi connectivity index (χ3v) is 8.74. The van der Waals surface area contributed by atoms with Crippen LogP contribution in [0.4, 0.5) is 11.6 Å². The Morgan fingerprint density at radius 2 is 1.78 bits per heavy atom. The average molecular weight is 558 g/mol. The van der Waals surface area contributed by atoms with Gasteiger partial charge in [-0.1, -0.05) is 6.08 Å². The van der Waals surface area contributed by atoms with Crippen LogP contribution in [0.1, 0.15) is 48.0 Å². The van der Waals surface area contributed by atoms with Crippen molar-refractivity contribution in [3.63, 3.8) is 0 Å². The van der Waals surface area contributed by atoms with Gasteiger partial charge in [-0.15, -0.1) is 5.10 Å². The normalized spacial score (nSPS) is 19.3. The summed E-state index contributed by atoms with van der Waals surface area (Å²) in [5, 5.41) is 7.92. The number of anilines is 2. The lowest BCUT2D eigenvalue weighted by atomic mass is 9.96. The molecule has 0 bridgehead atoms. The lowest BCUT2D eigenvalue weighted by Crippen LogP contribution is -2.44. The first-order valence-corrected chi connectivity index (χ1v) is 14.7. The molecular weight excluding hydrogens is 518 g/mol. The largest absolute Gasteiger partial charge is 0.381 e. The Balaban J connectivity index is 1.11. The summed E-state index contributed by atoms with van der Waals surface area (Å²) in [5.74, 6) is 0.875. The SMILES string of the molecule is CN1CCC(N(C)C(=O)c2ccc(Nc3nc4c(C5=CCN(C(=O)C6CCOCC6)CC5)cccn4n3)cc2)CC1. The van der Waals surface area contributed by atoms with E-state index in [2.05, 4.69) is 34.5 Å². The molecule has 2 fully saturated rings.